The van der Waals surface area contributed by atoms with Crippen molar-refractivity contribution in [3.05, 3.63) is 62.6 Å². The van der Waals surface area contributed by atoms with E-state index in [1.807, 2.05) is 22.6 Å². The second-order valence-electron chi connectivity index (χ2n) is 6.71. The van der Waals surface area contributed by atoms with Crippen LogP contribution in [0.15, 0.2) is 35.1 Å². The molecular weight excluding hydrogens is 467 g/mol. The molecule has 1 heterocycles. The highest BCUT2D eigenvalue weighted by Gasteiger charge is 2.24. The second kappa shape index (κ2) is 7.63. The zero-order valence-electron chi connectivity index (χ0n) is 14.3. The molecule has 140 valence electrons. The van der Waals surface area contributed by atoms with Crippen LogP contribution in [0.4, 0.5) is 8.78 Å². The lowest BCUT2D eigenvalue weighted by molar-refractivity contribution is 0.0738. The molecule has 1 aromatic heterocycles. The van der Waals surface area contributed by atoms with Crippen molar-refractivity contribution in [1.82, 2.24) is 4.98 Å². The topological polar surface area (TPSA) is 52.3 Å². The molecule has 3 aromatic rings. The summed E-state index contributed by atoms with van der Waals surface area (Å²) in [7, 11) is 0. The lowest BCUT2D eigenvalue weighted by Gasteiger charge is -2.12. The molecule has 4 rings (SSSR count). The lowest BCUT2D eigenvalue weighted by Crippen LogP contribution is -2.14. The van der Waals surface area contributed by atoms with Crippen LogP contribution >= 0.6 is 22.6 Å². The molecule has 0 amide bonds. The Morgan fingerprint density at radius 3 is 2.85 bits per heavy atom. The van der Waals surface area contributed by atoms with Crippen LogP contribution in [0.2, 0.25) is 0 Å². The van der Waals surface area contributed by atoms with E-state index in [1.165, 1.54) is 12.1 Å². The van der Waals surface area contributed by atoms with Gasteiger partial charge in [-0.25, -0.2) is 13.8 Å². The minimum atomic E-state index is -0.662. The smallest absolute Gasteiger partial charge is 0.188 e. The third kappa shape index (κ3) is 4.03. The highest BCUT2D eigenvalue weighted by atomic mass is 127. The van der Waals surface area contributed by atoms with Gasteiger partial charge in [0.2, 0.25) is 0 Å². The third-order valence-corrected chi connectivity index (χ3v) is 5.31. The van der Waals surface area contributed by atoms with Crippen LogP contribution in [0.1, 0.15) is 34.3 Å². The fourth-order valence-electron chi connectivity index (χ4n) is 2.96. The molecule has 0 radical (unpaired) electrons. The highest BCUT2D eigenvalue weighted by Crippen LogP contribution is 2.30. The normalized spacial score (nSPS) is 14.0. The Hall–Kier alpha value is -1.87. The number of nitrogens with zero attached hydrogens (tertiary/aromatic N) is 1. The number of ketones is 1. The van der Waals surface area contributed by atoms with E-state index < -0.39 is 11.6 Å². The molecule has 0 bridgehead atoms. The van der Waals surface area contributed by atoms with Crippen molar-refractivity contribution in [3.8, 4) is 0 Å². The summed E-state index contributed by atoms with van der Waals surface area (Å²) in [5.41, 5.74) is 0.781. The minimum Gasteiger partial charge on any atom is -0.443 e. The van der Waals surface area contributed by atoms with Gasteiger partial charge < -0.3 is 9.15 Å². The van der Waals surface area contributed by atoms with Gasteiger partial charge in [-0.1, -0.05) is 6.07 Å². The summed E-state index contributed by atoms with van der Waals surface area (Å²) in [5.74, 6) is -0.935. The first-order valence-corrected chi connectivity index (χ1v) is 9.70. The molecule has 1 saturated carbocycles. The average Bonchev–Trinajstić information content (AvgIpc) is 3.33. The van der Waals surface area contributed by atoms with Crippen LogP contribution in [-0.2, 0) is 11.2 Å². The van der Waals surface area contributed by atoms with Gasteiger partial charge in [0, 0.05) is 21.1 Å². The fourth-order valence-corrected chi connectivity index (χ4v) is 3.41. The van der Waals surface area contributed by atoms with Gasteiger partial charge in [0.25, 0.3) is 0 Å². The predicted octanol–water partition coefficient (Wildman–Crippen LogP) is 4.91. The van der Waals surface area contributed by atoms with Crippen LogP contribution in [0.5, 0.6) is 0 Å². The van der Waals surface area contributed by atoms with Crippen LogP contribution in [0.25, 0.3) is 11.1 Å². The van der Waals surface area contributed by atoms with Crippen LogP contribution < -0.4 is 0 Å². The molecule has 4 nitrogen and oxygen atoms in total. The van der Waals surface area contributed by atoms with E-state index >= 15 is 4.39 Å². The Labute approximate surface area is 168 Å². The van der Waals surface area contributed by atoms with E-state index in [-0.39, 0.29) is 41.0 Å². The van der Waals surface area contributed by atoms with Gasteiger partial charge in [0.15, 0.2) is 23.6 Å². The fraction of sp³-hybridized carbons (Fsp3) is 0.300. The van der Waals surface area contributed by atoms with E-state index in [1.54, 1.807) is 12.1 Å². The molecule has 0 aliphatic heterocycles. The largest absolute Gasteiger partial charge is 0.443 e. The molecule has 0 N–H and O–H groups in total. The number of carbonyl (C=O) groups is 1. The van der Waals surface area contributed by atoms with E-state index in [2.05, 4.69) is 4.98 Å². The molecule has 0 saturated heterocycles. The van der Waals surface area contributed by atoms with Crippen molar-refractivity contribution >= 4 is 39.5 Å². The Kier molecular flexibility index (Phi) is 5.23. The Balaban J connectivity index is 1.69. The number of hydrogen-bond donors (Lipinski definition) is 0. The summed E-state index contributed by atoms with van der Waals surface area (Å²) in [6, 6.07) is 6.18. The minimum absolute atomic E-state index is 0.0337. The third-order valence-electron chi connectivity index (χ3n) is 4.63. The second-order valence-corrected chi connectivity index (χ2v) is 7.96. The maximum Gasteiger partial charge on any atom is 0.188 e. The lowest BCUT2D eigenvalue weighted by atomic mass is 9.95. The molecular formula is C20H16F2INO3. The summed E-state index contributed by atoms with van der Waals surface area (Å²) in [6.45, 7) is 0.387. The number of oxazole rings is 1. The molecule has 0 unspecified atom stereocenters. The Morgan fingerprint density at radius 2 is 2.11 bits per heavy atom. The molecule has 1 aliphatic carbocycles. The summed E-state index contributed by atoms with van der Waals surface area (Å²) in [5, 5.41) is 0. The van der Waals surface area contributed by atoms with E-state index in [4.69, 9.17) is 9.15 Å². The standard InChI is InChI=1S/C20H16F2INO3/c21-16-6-13(23)4-3-12(16)5-15-14(17(25)9-26-8-11-1-2-11)7-18-20(19(15)22)24-10-27-18/h3-4,6-7,10-11H,1-2,5,8-9H2. The van der Waals surface area contributed by atoms with Crippen molar-refractivity contribution < 1.29 is 22.7 Å². The number of halogens is 3. The van der Waals surface area contributed by atoms with Crippen LogP contribution in [-0.4, -0.2) is 24.0 Å². The Morgan fingerprint density at radius 1 is 1.30 bits per heavy atom. The molecule has 1 aliphatic rings. The Bertz CT molecular complexity index is 1010. The van der Waals surface area contributed by atoms with Gasteiger partial charge in [-0.05, 0) is 65.1 Å². The molecule has 1 fully saturated rings. The van der Waals surface area contributed by atoms with Crippen molar-refractivity contribution in [2.24, 2.45) is 5.92 Å². The summed E-state index contributed by atoms with van der Waals surface area (Å²) < 4.78 is 40.7. The molecule has 2 aromatic carbocycles. The first kappa shape index (κ1) is 18.5. The number of ether oxygens (including phenoxy) is 1. The van der Waals surface area contributed by atoms with Gasteiger partial charge in [-0.3, -0.25) is 4.79 Å². The summed E-state index contributed by atoms with van der Waals surface area (Å²) in [4.78, 5) is 16.5. The van der Waals surface area contributed by atoms with Gasteiger partial charge in [0.05, 0.1) is 6.61 Å². The highest BCUT2D eigenvalue weighted by molar-refractivity contribution is 14.1. The van der Waals surface area contributed by atoms with Crippen LogP contribution in [0.3, 0.4) is 0 Å². The maximum atomic E-state index is 15.0. The van der Waals surface area contributed by atoms with Crippen molar-refractivity contribution in [3.63, 3.8) is 0 Å². The van der Waals surface area contributed by atoms with E-state index in [0.717, 1.165) is 22.8 Å². The summed E-state index contributed by atoms with van der Waals surface area (Å²) >= 11 is 2.01. The predicted molar refractivity (Wildman–Crippen MR) is 104 cm³/mol. The number of aromatic nitrogens is 1. The first-order chi connectivity index (χ1) is 13.0. The van der Waals surface area contributed by atoms with E-state index in [0.29, 0.717) is 18.1 Å². The first-order valence-electron chi connectivity index (χ1n) is 8.62. The number of Topliss-reactive ketones (excluding diaryl/α,β-unsaturated/α-hetero) is 1. The number of fused-ring (bicyclic) bond motifs is 1. The van der Waals surface area contributed by atoms with Gasteiger partial charge >= 0.3 is 0 Å². The van der Waals surface area contributed by atoms with Gasteiger partial charge in [0.1, 0.15) is 17.9 Å². The zero-order chi connectivity index (χ0) is 19.0. The quantitative estimate of drug-likeness (QED) is 0.354. The number of carbonyl (C=O) groups excluding carboxylic acids is 1. The zero-order valence-corrected chi connectivity index (χ0v) is 16.5. The summed E-state index contributed by atoms with van der Waals surface area (Å²) in [6.07, 6.45) is 3.30. The SMILES string of the molecule is O=C(COCC1CC1)c1cc2ocnc2c(F)c1Cc1ccc(I)cc1F. The number of hydrogen-bond acceptors (Lipinski definition) is 4. The van der Waals surface area contributed by atoms with Crippen molar-refractivity contribution in [1.29, 1.82) is 0 Å². The molecule has 0 spiro atoms. The monoisotopic (exact) mass is 483 g/mol. The van der Waals surface area contributed by atoms with Gasteiger partial charge in [-0.2, -0.15) is 0 Å². The number of rotatable bonds is 7. The molecule has 27 heavy (non-hydrogen) atoms. The van der Waals surface area contributed by atoms with Crippen LogP contribution in [0, 0.1) is 21.1 Å². The van der Waals surface area contributed by atoms with Crippen molar-refractivity contribution in [2.75, 3.05) is 13.2 Å². The average molecular weight is 483 g/mol. The molecule has 7 heteroatoms. The molecule has 0 atom stereocenters. The van der Waals surface area contributed by atoms with Crippen molar-refractivity contribution in [2.45, 2.75) is 19.3 Å². The maximum absolute atomic E-state index is 15.0. The van der Waals surface area contributed by atoms with E-state index in [9.17, 15) is 9.18 Å². The number of benzene rings is 2. The van der Waals surface area contributed by atoms with Gasteiger partial charge in [-0.15, -0.1) is 0 Å².